The molecule has 0 bridgehead atoms. The summed E-state index contributed by atoms with van der Waals surface area (Å²) in [5.41, 5.74) is 7.93. The van der Waals surface area contributed by atoms with E-state index >= 15 is 0 Å². The summed E-state index contributed by atoms with van der Waals surface area (Å²) in [7, 11) is 0. The molecule has 4 nitrogen and oxygen atoms in total. The minimum atomic E-state index is -0.398. The van der Waals surface area contributed by atoms with Gasteiger partial charge in [0, 0.05) is 4.91 Å². The molecule has 1 rings (SSSR count). The Hall–Kier alpha value is -0.730. The number of nitrogens with zero attached hydrogens (tertiary/aromatic N) is 3. The Morgan fingerprint density at radius 1 is 1.70 bits per heavy atom. The van der Waals surface area contributed by atoms with Crippen molar-refractivity contribution < 1.29 is 5.11 Å². The van der Waals surface area contributed by atoms with Crippen LogP contribution in [0.4, 0.5) is 0 Å². The van der Waals surface area contributed by atoms with Crippen molar-refractivity contribution in [2.24, 2.45) is 11.0 Å². The molecule has 56 valence electrons. The maximum Gasteiger partial charge on any atom is 0.0624 e. The molecular formula is C6H11N3O. The van der Waals surface area contributed by atoms with Crippen LogP contribution in [0.3, 0.4) is 0 Å². The Kier molecular flexibility index (Phi) is 2.54. The molecule has 1 N–H and O–H groups in total. The van der Waals surface area contributed by atoms with Crippen molar-refractivity contribution in [2.45, 2.75) is 25.4 Å². The van der Waals surface area contributed by atoms with Crippen LogP contribution in [0.15, 0.2) is 5.11 Å². The fraction of sp³-hybridized carbons (Fsp3) is 1.00. The molecule has 4 heteroatoms. The van der Waals surface area contributed by atoms with Crippen LogP contribution in [0.1, 0.15) is 19.3 Å². The Morgan fingerprint density at radius 3 is 2.80 bits per heavy atom. The molecule has 10 heavy (non-hydrogen) atoms. The number of hydrogen-bond acceptors (Lipinski definition) is 2. The molecule has 0 amide bonds. The van der Waals surface area contributed by atoms with Crippen LogP contribution in [0, 0.1) is 5.92 Å². The molecule has 0 saturated heterocycles. The fourth-order valence-corrected chi connectivity index (χ4v) is 1.09. The van der Waals surface area contributed by atoms with Gasteiger partial charge < -0.3 is 5.11 Å². The van der Waals surface area contributed by atoms with Crippen molar-refractivity contribution in [3.8, 4) is 0 Å². The Labute approximate surface area is 59.5 Å². The van der Waals surface area contributed by atoms with Gasteiger partial charge in [0.25, 0.3) is 0 Å². The average Bonchev–Trinajstić information content (AvgIpc) is 1.79. The summed E-state index contributed by atoms with van der Waals surface area (Å²) in [5.74, 6) is 0.394. The predicted molar refractivity (Wildman–Crippen MR) is 37.4 cm³/mol. The van der Waals surface area contributed by atoms with Gasteiger partial charge in [0.15, 0.2) is 0 Å². The third-order valence-corrected chi connectivity index (χ3v) is 2.03. The summed E-state index contributed by atoms with van der Waals surface area (Å²) in [5, 5.41) is 12.5. The molecule has 0 aromatic rings. The number of aliphatic hydroxyl groups is 1. The van der Waals surface area contributed by atoms with E-state index in [0.717, 1.165) is 12.8 Å². The molecule has 0 aromatic carbocycles. The first-order valence-corrected chi connectivity index (χ1v) is 3.53. The summed E-state index contributed by atoms with van der Waals surface area (Å²) >= 11 is 0. The molecular weight excluding hydrogens is 130 g/mol. The fourth-order valence-electron chi connectivity index (χ4n) is 1.09. The van der Waals surface area contributed by atoms with E-state index in [9.17, 15) is 5.11 Å². The molecule has 0 spiro atoms. The second-order valence-electron chi connectivity index (χ2n) is 2.67. The topological polar surface area (TPSA) is 69.0 Å². The predicted octanol–water partition coefficient (Wildman–Crippen LogP) is 1.46. The quantitative estimate of drug-likeness (QED) is 0.361. The third kappa shape index (κ3) is 1.62. The van der Waals surface area contributed by atoms with Gasteiger partial charge in [-0.2, -0.15) is 0 Å². The lowest BCUT2D eigenvalue weighted by Gasteiger charge is -2.29. The lowest BCUT2D eigenvalue weighted by molar-refractivity contribution is 0.0697. The molecule has 1 aliphatic carbocycles. The van der Waals surface area contributed by atoms with Crippen LogP contribution in [-0.2, 0) is 0 Å². The van der Waals surface area contributed by atoms with Gasteiger partial charge in [0.2, 0.25) is 0 Å². The first-order valence-electron chi connectivity index (χ1n) is 3.53. The molecule has 1 aliphatic rings. The van der Waals surface area contributed by atoms with Gasteiger partial charge in [-0.3, -0.25) is 0 Å². The van der Waals surface area contributed by atoms with Gasteiger partial charge in [0.05, 0.1) is 12.6 Å². The molecule has 1 fully saturated rings. The van der Waals surface area contributed by atoms with E-state index in [-0.39, 0.29) is 6.54 Å². The Bertz CT molecular complexity index is 149. The van der Waals surface area contributed by atoms with E-state index in [1.807, 2.05) is 0 Å². The highest BCUT2D eigenvalue weighted by molar-refractivity contribution is 4.78. The Morgan fingerprint density at radius 2 is 2.40 bits per heavy atom. The van der Waals surface area contributed by atoms with Crippen molar-refractivity contribution in [1.29, 1.82) is 0 Å². The smallest absolute Gasteiger partial charge is 0.0624 e. The van der Waals surface area contributed by atoms with Gasteiger partial charge in [0.1, 0.15) is 0 Å². The zero-order valence-corrected chi connectivity index (χ0v) is 5.77. The van der Waals surface area contributed by atoms with Crippen LogP contribution in [0.5, 0.6) is 0 Å². The summed E-state index contributed by atoms with van der Waals surface area (Å²) in [6.07, 6.45) is 2.98. The minimum Gasteiger partial charge on any atom is -0.393 e. The maximum atomic E-state index is 9.24. The van der Waals surface area contributed by atoms with E-state index in [1.165, 1.54) is 6.42 Å². The summed E-state index contributed by atoms with van der Waals surface area (Å²) in [4.78, 5) is 2.58. The van der Waals surface area contributed by atoms with Crippen molar-refractivity contribution in [3.63, 3.8) is 0 Å². The van der Waals surface area contributed by atoms with E-state index < -0.39 is 6.10 Å². The van der Waals surface area contributed by atoms with Crippen LogP contribution < -0.4 is 0 Å². The zero-order valence-electron chi connectivity index (χ0n) is 5.77. The van der Waals surface area contributed by atoms with Gasteiger partial charge in [-0.25, -0.2) is 0 Å². The molecule has 0 radical (unpaired) electrons. The number of hydrogen-bond donors (Lipinski definition) is 1. The molecule has 1 saturated carbocycles. The monoisotopic (exact) mass is 141 g/mol. The second kappa shape index (κ2) is 3.44. The standard InChI is InChI=1S/C6H11N3O/c7-9-8-4-6(10)5-2-1-3-5/h5-6,10H,1-4H2/t6-/m0/s1. The maximum absolute atomic E-state index is 9.24. The van der Waals surface area contributed by atoms with Crippen molar-refractivity contribution >= 4 is 0 Å². The molecule has 0 aliphatic heterocycles. The lowest BCUT2D eigenvalue weighted by Crippen LogP contribution is -2.28. The largest absolute Gasteiger partial charge is 0.393 e. The Balaban J connectivity index is 2.19. The highest BCUT2D eigenvalue weighted by atomic mass is 16.3. The summed E-state index contributed by atoms with van der Waals surface area (Å²) < 4.78 is 0. The minimum absolute atomic E-state index is 0.237. The zero-order chi connectivity index (χ0) is 7.40. The first-order chi connectivity index (χ1) is 4.84. The van der Waals surface area contributed by atoms with Crippen LogP contribution >= 0.6 is 0 Å². The first kappa shape index (κ1) is 7.38. The SMILES string of the molecule is [N-]=[N+]=NC[C@H](O)C1CCC1. The van der Waals surface area contributed by atoms with Gasteiger partial charge in [-0.05, 0) is 24.3 Å². The highest BCUT2D eigenvalue weighted by Gasteiger charge is 2.24. The number of rotatable bonds is 3. The van der Waals surface area contributed by atoms with Crippen LogP contribution in [-0.4, -0.2) is 17.8 Å². The van der Waals surface area contributed by atoms with Crippen molar-refractivity contribution in [1.82, 2.24) is 0 Å². The van der Waals surface area contributed by atoms with Crippen LogP contribution in [0.2, 0.25) is 0 Å². The van der Waals surface area contributed by atoms with Crippen LogP contribution in [0.25, 0.3) is 10.4 Å². The van der Waals surface area contributed by atoms with E-state index in [2.05, 4.69) is 10.0 Å². The van der Waals surface area contributed by atoms with Crippen molar-refractivity contribution in [2.75, 3.05) is 6.54 Å². The number of azide groups is 1. The van der Waals surface area contributed by atoms with Gasteiger partial charge in [-0.15, -0.1) is 0 Å². The van der Waals surface area contributed by atoms with E-state index in [1.54, 1.807) is 0 Å². The van der Waals surface area contributed by atoms with Crippen molar-refractivity contribution in [3.05, 3.63) is 10.4 Å². The third-order valence-electron chi connectivity index (χ3n) is 2.03. The van der Waals surface area contributed by atoms with Gasteiger partial charge >= 0.3 is 0 Å². The molecule has 0 aromatic heterocycles. The second-order valence-corrected chi connectivity index (χ2v) is 2.67. The summed E-state index contributed by atoms with van der Waals surface area (Å²) in [6.45, 7) is 0.237. The summed E-state index contributed by atoms with van der Waals surface area (Å²) in [6, 6.07) is 0. The van der Waals surface area contributed by atoms with E-state index in [4.69, 9.17) is 5.53 Å². The number of aliphatic hydroxyl groups excluding tert-OH is 1. The normalized spacial score (nSPS) is 20.9. The molecule has 0 unspecified atom stereocenters. The average molecular weight is 141 g/mol. The molecule has 1 atom stereocenters. The molecule has 0 heterocycles. The van der Waals surface area contributed by atoms with E-state index in [0.29, 0.717) is 5.92 Å². The van der Waals surface area contributed by atoms with Gasteiger partial charge in [-0.1, -0.05) is 11.5 Å². The lowest BCUT2D eigenvalue weighted by atomic mass is 9.81. The highest BCUT2D eigenvalue weighted by Crippen LogP contribution is 2.29.